The molecule has 0 aliphatic heterocycles. The molecule has 0 aromatic heterocycles. The lowest BCUT2D eigenvalue weighted by molar-refractivity contribution is 0.865. The first-order valence-corrected chi connectivity index (χ1v) is 5.32. The number of benzene rings is 1. The van der Waals surface area contributed by atoms with Crippen LogP contribution in [0.2, 0.25) is 0 Å². The molecule has 1 rings (SSSR count). The quantitative estimate of drug-likeness (QED) is 0.591. The molecule has 1 aromatic carbocycles. The van der Waals surface area contributed by atoms with Crippen LogP contribution in [-0.4, -0.2) is 34.2 Å². The number of anilines is 1. The third kappa shape index (κ3) is 3.46. The zero-order valence-electron chi connectivity index (χ0n) is 10.4. The first kappa shape index (κ1) is 12.4. The summed E-state index contributed by atoms with van der Waals surface area (Å²) >= 11 is 0. The number of hydrogen-bond acceptors (Lipinski definition) is 2. The Labute approximate surface area is 97.4 Å². The number of aliphatic imine (C=N–C) groups is 1. The minimum atomic E-state index is 0.773. The minimum Gasteiger partial charge on any atom is -0.378 e. The van der Waals surface area contributed by atoms with E-state index >= 15 is 0 Å². The van der Waals surface area contributed by atoms with Crippen LogP contribution in [0.15, 0.2) is 29.3 Å². The van der Waals surface area contributed by atoms with Crippen molar-refractivity contribution in [1.82, 2.24) is 10.6 Å². The lowest BCUT2D eigenvalue weighted by Gasteiger charge is -2.14. The van der Waals surface area contributed by atoms with Crippen molar-refractivity contribution in [3.8, 4) is 0 Å². The normalized spacial score (nSPS) is 11.1. The predicted molar refractivity (Wildman–Crippen MR) is 70.0 cm³/mol. The Balaban J connectivity index is 2.64. The largest absolute Gasteiger partial charge is 0.378 e. The molecular weight excluding hydrogens is 200 g/mol. The van der Waals surface area contributed by atoms with Gasteiger partial charge in [0.1, 0.15) is 0 Å². The van der Waals surface area contributed by atoms with Gasteiger partial charge in [-0.3, -0.25) is 4.99 Å². The molecule has 2 N–H and O–H groups in total. The fourth-order valence-electron chi connectivity index (χ4n) is 1.41. The Kier molecular flexibility index (Phi) is 4.64. The van der Waals surface area contributed by atoms with Crippen molar-refractivity contribution in [3.63, 3.8) is 0 Å². The van der Waals surface area contributed by atoms with E-state index in [2.05, 4.69) is 44.8 Å². The van der Waals surface area contributed by atoms with Gasteiger partial charge in [-0.05, 0) is 17.7 Å². The van der Waals surface area contributed by atoms with Crippen molar-refractivity contribution in [1.29, 1.82) is 0 Å². The van der Waals surface area contributed by atoms with Crippen LogP contribution in [0.1, 0.15) is 5.56 Å². The molecule has 0 saturated carbocycles. The van der Waals surface area contributed by atoms with Crippen LogP contribution < -0.4 is 15.5 Å². The molecule has 0 unspecified atom stereocenters. The Bertz CT molecular complexity index is 358. The van der Waals surface area contributed by atoms with E-state index in [9.17, 15) is 0 Å². The van der Waals surface area contributed by atoms with E-state index in [0.29, 0.717) is 0 Å². The molecule has 0 aliphatic rings. The maximum Gasteiger partial charge on any atom is 0.190 e. The maximum atomic E-state index is 4.06. The molecular formula is C12H20N4. The summed E-state index contributed by atoms with van der Waals surface area (Å²) in [5.41, 5.74) is 2.45. The van der Waals surface area contributed by atoms with Gasteiger partial charge in [0.25, 0.3) is 0 Å². The van der Waals surface area contributed by atoms with Crippen LogP contribution >= 0.6 is 0 Å². The van der Waals surface area contributed by atoms with Gasteiger partial charge in [-0.25, -0.2) is 0 Å². The minimum absolute atomic E-state index is 0.773. The van der Waals surface area contributed by atoms with Crippen molar-refractivity contribution in [3.05, 3.63) is 29.8 Å². The predicted octanol–water partition coefficient (Wildman–Crippen LogP) is 1.05. The standard InChI is InChI=1S/C12H20N4/c1-13-12(14-2)15-9-10-6-5-7-11(8-10)16(3)4/h5-8H,9H2,1-4H3,(H2,13,14,15). The summed E-state index contributed by atoms with van der Waals surface area (Å²) in [4.78, 5) is 6.16. The van der Waals surface area contributed by atoms with Gasteiger partial charge in [-0.15, -0.1) is 0 Å². The van der Waals surface area contributed by atoms with Gasteiger partial charge in [-0.1, -0.05) is 12.1 Å². The zero-order valence-corrected chi connectivity index (χ0v) is 10.4. The monoisotopic (exact) mass is 220 g/mol. The van der Waals surface area contributed by atoms with Gasteiger partial charge in [-0.2, -0.15) is 0 Å². The van der Waals surface area contributed by atoms with Crippen LogP contribution in [0.3, 0.4) is 0 Å². The molecule has 0 atom stereocenters. The second-order valence-electron chi connectivity index (χ2n) is 3.74. The molecule has 4 heteroatoms. The highest BCUT2D eigenvalue weighted by Crippen LogP contribution is 2.12. The fraction of sp³-hybridized carbons (Fsp3) is 0.417. The number of guanidine groups is 1. The first-order chi connectivity index (χ1) is 7.67. The summed E-state index contributed by atoms with van der Waals surface area (Å²) in [7, 11) is 7.69. The lowest BCUT2D eigenvalue weighted by Crippen LogP contribution is -2.34. The summed E-state index contributed by atoms with van der Waals surface area (Å²) in [6, 6.07) is 8.42. The van der Waals surface area contributed by atoms with Crippen LogP contribution in [-0.2, 0) is 6.54 Å². The smallest absolute Gasteiger partial charge is 0.190 e. The molecule has 0 radical (unpaired) electrons. The van der Waals surface area contributed by atoms with Gasteiger partial charge < -0.3 is 15.5 Å². The van der Waals surface area contributed by atoms with Crippen LogP contribution in [0, 0.1) is 0 Å². The Morgan fingerprint density at radius 1 is 1.38 bits per heavy atom. The van der Waals surface area contributed by atoms with Crippen LogP contribution in [0.4, 0.5) is 5.69 Å². The van der Waals surface area contributed by atoms with Gasteiger partial charge in [0.05, 0.1) is 0 Å². The Morgan fingerprint density at radius 3 is 2.69 bits per heavy atom. The van der Waals surface area contributed by atoms with Crippen molar-refractivity contribution >= 4 is 11.6 Å². The summed E-state index contributed by atoms with van der Waals surface area (Å²) in [6.45, 7) is 0.773. The highest BCUT2D eigenvalue weighted by atomic mass is 15.1. The molecule has 0 bridgehead atoms. The third-order valence-corrected chi connectivity index (χ3v) is 2.35. The molecule has 1 aromatic rings. The van der Waals surface area contributed by atoms with E-state index in [1.54, 1.807) is 7.05 Å². The van der Waals surface area contributed by atoms with E-state index in [1.807, 2.05) is 21.1 Å². The SMILES string of the molecule is CN=C(NC)NCc1cccc(N(C)C)c1. The van der Waals surface area contributed by atoms with Gasteiger partial charge >= 0.3 is 0 Å². The number of nitrogens with one attached hydrogen (secondary N) is 2. The lowest BCUT2D eigenvalue weighted by atomic mass is 10.2. The second kappa shape index (κ2) is 6.00. The van der Waals surface area contributed by atoms with Crippen molar-refractivity contribution < 1.29 is 0 Å². The molecule has 16 heavy (non-hydrogen) atoms. The number of rotatable bonds is 3. The van der Waals surface area contributed by atoms with Crippen molar-refractivity contribution in [2.75, 3.05) is 33.1 Å². The van der Waals surface area contributed by atoms with E-state index < -0.39 is 0 Å². The third-order valence-electron chi connectivity index (χ3n) is 2.35. The summed E-state index contributed by atoms with van der Waals surface area (Å²) < 4.78 is 0. The first-order valence-electron chi connectivity index (χ1n) is 5.32. The van der Waals surface area contributed by atoms with Crippen LogP contribution in [0.25, 0.3) is 0 Å². The van der Waals surface area contributed by atoms with Crippen molar-refractivity contribution in [2.24, 2.45) is 4.99 Å². The van der Waals surface area contributed by atoms with E-state index in [-0.39, 0.29) is 0 Å². The summed E-state index contributed by atoms with van der Waals surface area (Å²) in [6.07, 6.45) is 0. The second-order valence-corrected chi connectivity index (χ2v) is 3.74. The van der Waals surface area contributed by atoms with Gasteiger partial charge in [0.2, 0.25) is 0 Å². The summed E-state index contributed by atoms with van der Waals surface area (Å²) in [5.74, 6) is 0.801. The molecule has 0 aliphatic carbocycles. The molecule has 0 fully saturated rings. The Hall–Kier alpha value is -1.71. The molecule has 0 spiro atoms. The Morgan fingerprint density at radius 2 is 2.12 bits per heavy atom. The molecule has 0 amide bonds. The number of nitrogens with zero attached hydrogens (tertiary/aromatic N) is 2. The molecule has 88 valence electrons. The van der Waals surface area contributed by atoms with Crippen molar-refractivity contribution in [2.45, 2.75) is 6.54 Å². The maximum absolute atomic E-state index is 4.06. The summed E-state index contributed by atoms with van der Waals surface area (Å²) in [5, 5.41) is 6.21. The van der Waals surface area contributed by atoms with Gasteiger partial charge in [0, 0.05) is 40.4 Å². The fourth-order valence-corrected chi connectivity index (χ4v) is 1.41. The number of hydrogen-bond donors (Lipinski definition) is 2. The average Bonchev–Trinajstić information content (AvgIpc) is 2.31. The molecule has 0 heterocycles. The van der Waals surface area contributed by atoms with E-state index in [4.69, 9.17) is 0 Å². The van der Waals surface area contributed by atoms with E-state index in [1.165, 1.54) is 11.3 Å². The highest BCUT2D eigenvalue weighted by Gasteiger charge is 1.98. The van der Waals surface area contributed by atoms with Gasteiger partial charge in [0.15, 0.2) is 5.96 Å². The topological polar surface area (TPSA) is 39.7 Å². The zero-order chi connectivity index (χ0) is 12.0. The van der Waals surface area contributed by atoms with E-state index in [0.717, 1.165) is 12.5 Å². The van der Waals surface area contributed by atoms with Crippen LogP contribution in [0.5, 0.6) is 0 Å². The molecule has 0 saturated heterocycles. The average molecular weight is 220 g/mol. The molecule has 4 nitrogen and oxygen atoms in total. The highest BCUT2D eigenvalue weighted by molar-refractivity contribution is 5.79.